The molecule has 7 nitrogen and oxygen atoms in total. The minimum atomic E-state index is 0. The van der Waals surface area contributed by atoms with Crippen LogP contribution in [-0.4, -0.2) is 25.8 Å². The highest BCUT2D eigenvalue weighted by Gasteiger charge is 2.18. The second kappa shape index (κ2) is 4.71. The minimum absolute atomic E-state index is 0. The molecule has 4 rings (SSSR count). The number of nitrogens with two attached hydrogens (primary N) is 1. The Kier molecular flexibility index (Phi) is 2.99. The lowest BCUT2D eigenvalue weighted by atomic mass is 10.1. The van der Waals surface area contributed by atoms with Gasteiger partial charge in [-0.05, 0) is 23.8 Å². The zero-order valence-electron chi connectivity index (χ0n) is 10.8. The van der Waals surface area contributed by atoms with Crippen LogP contribution in [0.4, 0.5) is 11.5 Å². The van der Waals surface area contributed by atoms with Gasteiger partial charge in [0.1, 0.15) is 5.52 Å². The van der Waals surface area contributed by atoms with E-state index in [0.29, 0.717) is 29.2 Å². The fourth-order valence-corrected chi connectivity index (χ4v) is 2.35. The summed E-state index contributed by atoms with van der Waals surface area (Å²) in [6.07, 6.45) is 1.91. The number of aromatic nitrogens is 4. The number of imidazole rings is 1. The summed E-state index contributed by atoms with van der Waals surface area (Å²) in [5.74, 6) is 0.863. The number of amides is 1. The first-order valence-corrected chi connectivity index (χ1v) is 6.10. The van der Waals surface area contributed by atoms with E-state index in [1.165, 1.54) is 6.33 Å². The fourth-order valence-electron chi connectivity index (χ4n) is 2.35. The number of nitrogens with zero attached hydrogens (tertiary/aromatic N) is 3. The first kappa shape index (κ1) is 13.3. The molecule has 0 saturated heterocycles. The number of carbonyl (C=O) groups is 1. The predicted octanol–water partition coefficient (Wildman–Crippen LogP) is 1.52. The number of H-pyrrole nitrogens is 1. The molecule has 106 valence electrons. The lowest BCUT2D eigenvalue weighted by Crippen LogP contribution is -2.03. The van der Waals surface area contributed by atoms with Crippen molar-refractivity contribution in [1.82, 2.24) is 19.9 Å². The summed E-state index contributed by atoms with van der Waals surface area (Å²) in [4.78, 5) is 27.0. The predicted molar refractivity (Wildman–Crippen MR) is 81.1 cm³/mol. The van der Waals surface area contributed by atoms with Crippen molar-refractivity contribution < 1.29 is 4.79 Å². The van der Waals surface area contributed by atoms with Crippen LogP contribution in [0.15, 0.2) is 24.5 Å². The smallest absolute Gasteiger partial charge is 0.228 e. The van der Waals surface area contributed by atoms with Crippen molar-refractivity contribution in [1.29, 1.82) is 0 Å². The standard InChI is InChI=1S/C13H10N6O.ClH/c14-11-10-13(16-5-15-10)19-12(18-11)6-1-2-8-7(3-6)4-9(20)17-8;/h1-3,5H,4H2,(H,17,20)(H3,14,15,16,18,19);1H. The molecule has 4 N–H and O–H groups in total. The summed E-state index contributed by atoms with van der Waals surface area (Å²) in [6.45, 7) is 0. The van der Waals surface area contributed by atoms with E-state index < -0.39 is 0 Å². The Hall–Kier alpha value is -2.67. The molecule has 0 bridgehead atoms. The minimum Gasteiger partial charge on any atom is -0.382 e. The van der Waals surface area contributed by atoms with Gasteiger partial charge in [0.2, 0.25) is 5.91 Å². The first-order chi connectivity index (χ1) is 9.70. The molecule has 0 radical (unpaired) electrons. The van der Waals surface area contributed by atoms with Gasteiger partial charge in [-0.3, -0.25) is 4.79 Å². The second-order valence-corrected chi connectivity index (χ2v) is 4.63. The van der Waals surface area contributed by atoms with Gasteiger partial charge in [-0.1, -0.05) is 0 Å². The normalized spacial score (nSPS) is 12.9. The van der Waals surface area contributed by atoms with Crippen LogP contribution in [0.5, 0.6) is 0 Å². The van der Waals surface area contributed by atoms with Crippen molar-refractivity contribution in [3.8, 4) is 11.4 Å². The average Bonchev–Trinajstić information content (AvgIpc) is 3.02. The molecule has 0 unspecified atom stereocenters. The maximum atomic E-state index is 11.4. The summed E-state index contributed by atoms with van der Waals surface area (Å²) in [5.41, 5.74) is 9.64. The molecule has 21 heavy (non-hydrogen) atoms. The molecule has 1 aromatic carbocycles. The molecule has 1 aliphatic heterocycles. The molecular formula is C13H11ClN6O. The van der Waals surface area contributed by atoms with Crippen LogP contribution < -0.4 is 11.1 Å². The number of nitrogens with one attached hydrogen (secondary N) is 2. The van der Waals surface area contributed by atoms with Crippen molar-refractivity contribution in [3.63, 3.8) is 0 Å². The van der Waals surface area contributed by atoms with E-state index in [4.69, 9.17) is 5.73 Å². The topological polar surface area (TPSA) is 110 Å². The summed E-state index contributed by atoms with van der Waals surface area (Å²) in [5, 5.41) is 2.79. The fraction of sp³-hybridized carbons (Fsp3) is 0.0769. The Morgan fingerprint density at radius 1 is 1.24 bits per heavy atom. The Morgan fingerprint density at radius 2 is 2.10 bits per heavy atom. The third-order valence-electron chi connectivity index (χ3n) is 3.30. The second-order valence-electron chi connectivity index (χ2n) is 4.63. The zero-order chi connectivity index (χ0) is 13.7. The van der Waals surface area contributed by atoms with Crippen LogP contribution in [0, 0.1) is 0 Å². The highest BCUT2D eigenvalue weighted by molar-refractivity contribution is 5.99. The van der Waals surface area contributed by atoms with Crippen molar-refractivity contribution in [2.45, 2.75) is 6.42 Å². The van der Waals surface area contributed by atoms with E-state index in [9.17, 15) is 4.79 Å². The third kappa shape index (κ3) is 2.07. The summed E-state index contributed by atoms with van der Waals surface area (Å²) in [6, 6.07) is 5.61. The zero-order valence-corrected chi connectivity index (χ0v) is 11.6. The van der Waals surface area contributed by atoms with Crippen LogP contribution >= 0.6 is 12.4 Å². The van der Waals surface area contributed by atoms with Gasteiger partial charge in [0.15, 0.2) is 17.3 Å². The molecule has 1 amide bonds. The van der Waals surface area contributed by atoms with Crippen molar-refractivity contribution >= 4 is 41.0 Å². The number of carbonyl (C=O) groups excluding carboxylic acids is 1. The van der Waals surface area contributed by atoms with Gasteiger partial charge in [-0.15, -0.1) is 12.4 Å². The molecule has 3 aromatic rings. The molecule has 0 spiro atoms. The molecular weight excluding hydrogens is 292 g/mol. The largest absolute Gasteiger partial charge is 0.382 e. The number of hydrogen-bond donors (Lipinski definition) is 3. The average molecular weight is 303 g/mol. The SMILES string of the molecule is Cl.Nc1nc(-c2ccc3c(c2)CC(=O)N3)nc2nc[nH]c12. The van der Waals surface area contributed by atoms with E-state index in [1.54, 1.807) is 0 Å². The maximum Gasteiger partial charge on any atom is 0.228 e. The lowest BCUT2D eigenvalue weighted by molar-refractivity contribution is -0.115. The monoisotopic (exact) mass is 302 g/mol. The Morgan fingerprint density at radius 3 is 2.95 bits per heavy atom. The molecule has 8 heteroatoms. The number of aromatic amines is 1. The van der Waals surface area contributed by atoms with Crippen LogP contribution in [0.25, 0.3) is 22.6 Å². The Balaban J connectivity index is 0.00000132. The van der Waals surface area contributed by atoms with E-state index in [-0.39, 0.29) is 18.3 Å². The summed E-state index contributed by atoms with van der Waals surface area (Å²) < 4.78 is 0. The highest BCUT2D eigenvalue weighted by Crippen LogP contribution is 2.28. The molecule has 0 aliphatic carbocycles. The maximum absolute atomic E-state index is 11.4. The Bertz CT molecular complexity index is 859. The number of fused-ring (bicyclic) bond motifs is 2. The number of benzene rings is 1. The lowest BCUT2D eigenvalue weighted by Gasteiger charge is -2.04. The molecule has 0 saturated carbocycles. The first-order valence-electron chi connectivity index (χ1n) is 6.10. The van der Waals surface area contributed by atoms with E-state index in [1.807, 2.05) is 18.2 Å². The van der Waals surface area contributed by atoms with Gasteiger partial charge >= 0.3 is 0 Å². The number of hydrogen-bond acceptors (Lipinski definition) is 5. The van der Waals surface area contributed by atoms with Crippen LogP contribution in [0.1, 0.15) is 5.56 Å². The van der Waals surface area contributed by atoms with Crippen LogP contribution in [0.3, 0.4) is 0 Å². The molecule has 0 atom stereocenters. The number of anilines is 2. The van der Waals surface area contributed by atoms with Gasteiger partial charge < -0.3 is 16.0 Å². The molecule has 3 heterocycles. The molecule has 0 fully saturated rings. The van der Waals surface area contributed by atoms with Gasteiger partial charge in [0.25, 0.3) is 0 Å². The highest BCUT2D eigenvalue weighted by atomic mass is 35.5. The van der Waals surface area contributed by atoms with Crippen LogP contribution in [0.2, 0.25) is 0 Å². The van der Waals surface area contributed by atoms with E-state index in [0.717, 1.165) is 16.8 Å². The van der Waals surface area contributed by atoms with E-state index in [2.05, 4.69) is 25.3 Å². The number of nitrogen functional groups attached to an aromatic ring is 1. The van der Waals surface area contributed by atoms with Gasteiger partial charge in [0, 0.05) is 11.3 Å². The quantitative estimate of drug-likeness (QED) is 0.631. The Labute approximate surface area is 125 Å². The number of halogens is 1. The van der Waals surface area contributed by atoms with Crippen LogP contribution in [-0.2, 0) is 11.2 Å². The van der Waals surface area contributed by atoms with Gasteiger partial charge in [-0.25, -0.2) is 15.0 Å². The van der Waals surface area contributed by atoms with Crippen molar-refractivity contribution in [3.05, 3.63) is 30.1 Å². The summed E-state index contributed by atoms with van der Waals surface area (Å²) in [7, 11) is 0. The van der Waals surface area contributed by atoms with Crippen molar-refractivity contribution in [2.24, 2.45) is 0 Å². The van der Waals surface area contributed by atoms with E-state index >= 15 is 0 Å². The third-order valence-corrected chi connectivity index (χ3v) is 3.30. The molecule has 2 aromatic heterocycles. The summed E-state index contributed by atoms with van der Waals surface area (Å²) >= 11 is 0. The van der Waals surface area contributed by atoms with Crippen molar-refractivity contribution in [2.75, 3.05) is 11.1 Å². The molecule has 1 aliphatic rings. The van der Waals surface area contributed by atoms with Gasteiger partial charge in [0.05, 0.1) is 12.7 Å². The van der Waals surface area contributed by atoms with Gasteiger partial charge in [-0.2, -0.15) is 0 Å². The number of rotatable bonds is 1.